The molecule has 1 amide bonds. The molecule has 0 saturated heterocycles. The smallest absolute Gasteiger partial charge is 0.292 e. The largest absolute Gasteiger partial charge is 0.416 e. The molecule has 0 aliphatic heterocycles. The Balaban J connectivity index is 1.71. The first-order valence-corrected chi connectivity index (χ1v) is 10.6. The van der Waals surface area contributed by atoms with Crippen LogP contribution in [0.15, 0.2) is 77.7 Å². The maximum absolute atomic E-state index is 12.8. The first-order valence-electron chi connectivity index (χ1n) is 9.07. The molecular formula is C20H15F3N4O5S. The highest BCUT2D eigenvalue weighted by molar-refractivity contribution is 7.92. The maximum Gasteiger partial charge on any atom is 0.416 e. The summed E-state index contributed by atoms with van der Waals surface area (Å²) >= 11 is 0. The second-order valence-electron chi connectivity index (χ2n) is 6.56. The molecule has 0 aliphatic carbocycles. The number of hydrazine groups is 1. The average molecular weight is 480 g/mol. The monoisotopic (exact) mass is 480 g/mol. The van der Waals surface area contributed by atoms with Crippen molar-refractivity contribution in [2.75, 3.05) is 10.1 Å². The van der Waals surface area contributed by atoms with Gasteiger partial charge in [0.25, 0.3) is 21.6 Å². The summed E-state index contributed by atoms with van der Waals surface area (Å²) in [5, 5.41) is 11.1. The van der Waals surface area contributed by atoms with Gasteiger partial charge in [0.15, 0.2) is 0 Å². The van der Waals surface area contributed by atoms with Gasteiger partial charge in [-0.05, 0) is 48.5 Å². The van der Waals surface area contributed by atoms with Crippen LogP contribution < -0.4 is 15.6 Å². The first kappa shape index (κ1) is 23.5. The second kappa shape index (κ2) is 9.16. The van der Waals surface area contributed by atoms with Crippen molar-refractivity contribution in [3.05, 3.63) is 94.0 Å². The van der Waals surface area contributed by atoms with E-state index >= 15 is 0 Å². The van der Waals surface area contributed by atoms with Crippen molar-refractivity contribution in [1.82, 2.24) is 5.43 Å². The van der Waals surface area contributed by atoms with E-state index in [-0.39, 0.29) is 16.1 Å². The molecule has 0 aliphatic rings. The van der Waals surface area contributed by atoms with Gasteiger partial charge in [0.1, 0.15) is 5.69 Å². The van der Waals surface area contributed by atoms with E-state index in [1.165, 1.54) is 24.3 Å². The number of alkyl halides is 3. The van der Waals surface area contributed by atoms with E-state index < -0.39 is 38.3 Å². The Hall–Kier alpha value is -4.13. The number of carbonyl (C=O) groups is 1. The number of nitro groups is 1. The molecule has 3 N–H and O–H groups in total. The molecule has 0 bridgehead atoms. The number of halogens is 3. The highest BCUT2D eigenvalue weighted by Gasteiger charge is 2.33. The molecule has 3 rings (SSSR count). The molecule has 9 nitrogen and oxygen atoms in total. The zero-order chi connectivity index (χ0) is 24.2. The molecule has 0 radical (unpaired) electrons. The van der Waals surface area contributed by atoms with Gasteiger partial charge in [0.2, 0.25) is 0 Å². The quantitative estimate of drug-likeness (QED) is 0.344. The predicted octanol–water partition coefficient (Wildman–Crippen LogP) is 4.17. The molecule has 0 unspecified atom stereocenters. The lowest BCUT2D eigenvalue weighted by Gasteiger charge is -2.12. The number of hydrogen-bond acceptors (Lipinski definition) is 6. The van der Waals surface area contributed by atoms with Crippen LogP contribution in [0.4, 0.5) is 30.2 Å². The van der Waals surface area contributed by atoms with E-state index in [2.05, 4.69) is 15.6 Å². The van der Waals surface area contributed by atoms with Crippen LogP contribution in [0, 0.1) is 10.1 Å². The van der Waals surface area contributed by atoms with Crippen LogP contribution in [0.25, 0.3) is 0 Å². The number of amides is 1. The average Bonchev–Trinajstić information content (AvgIpc) is 2.77. The van der Waals surface area contributed by atoms with Crippen molar-refractivity contribution in [2.45, 2.75) is 11.1 Å². The normalized spacial score (nSPS) is 11.5. The van der Waals surface area contributed by atoms with Crippen molar-refractivity contribution >= 4 is 33.0 Å². The van der Waals surface area contributed by atoms with Gasteiger partial charge >= 0.3 is 6.18 Å². The van der Waals surface area contributed by atoms with Crippen LogP contribution >= 0.6 is 0 Å². The van der Waals surface area contributed by atoms with Crippen LogP contribution in [0.1, 0.15) is 15.9 Å². The third-order valence-corrected chi connectivity index (χ3v) is 5.68. The van der Waals surface area contributed by atoms with Crippen LogP contribution in [0.5, 0.6) is 0 Å². The second-order valence-corrected chi connectivity index (χ2v) is 8.24. The number of hydrogen-bond donors (Lipinski definition) is 3. The van der Waals surface area contributed by atoms with E-state index in [1.807, 2.05) is 0 Å². The summed E-state index contributed by atoms with van der Waals surface area (Å²) < 4.78 is 65.6. The highest BCUT2D eigenvalue weighted by atomic mass is 32.2. The summed E-state index contributed by atoms with van der Waals surface area (Å²) in [7, 11) is -3.91. The number of nitrogens with zero attached hydrogens (tertiary/aromatic N) is 1. The molecule has 33 heavy (non-hydrogen) atoms. The minimum Gasteiger partial charge on any atom is -0.292 e. The summed E-state index contributed by atoms with van der Waals surface area (Å²) in [6.45, 7) is 0. The van der Waals surface area contributed by atoms with Crippen LogP contribution in [0.2, 0.25) is 0 Å². The third kappa shape index (κ3) is 5.77. The fourth-order valence-corrected chi connectivity index (χ4v) is 3.73. The van der Waals surface area contributed by atoms with Gasteiger partial charge in [-0.25, -0.2) is 8.42 Å². The van der Waals surface area contributed by atoms with Crippen molar-refractivity contribution in [3.63, 3.8) is 0 Å². The van der Waals surface area contributed by atoms with Crippen molar-refractivity contribution in [1.29, 1.82) is 0 Å². The lowest BCUT2D eigenvalue weighted by molar-refractivity contribution is -0.384. The van der Waals surface area contributed by atoms with Crippen LogP contribution in [-0.4, -0.2) is 19.2 Å². The number of carbonyl (C=O) groups excluding carboxylic acids is 1. The number of nitrogens with one attached hydrogen (secondary N) is 3. The maximum atomic E-state index is 12.8. The lowest BCUT2D eigenvalue weighted by atomic mass is 10.1. The highest BCUT2D eigenvalue weighted by Crippen LogP contribution is 2.34. The molecule has 172 valence electrons. The zero-order valence-corrected chi connectivity index (χ0v) is 17.3. The van der Waals surface area contributed by atoms with Gasteiger partial charge in [-0.2, -0.15) is 13.2 Å². The number of sulfonamides is 1. The SMILES string of the molecule is O=C(NNc1ccc(C(F)(F)F)cc1[N+](=O)[O-])c1ccc(S(=O)(=O)Nc2ccccc2)cc1. The molecular weight excluding hydrogens is 465 g/mol. The Bertz CT molecular complexity index is 1280. The summed E-state index contributed by atoms with van der Waals surface area (Å²) in [6.07, 6.45) is -4.77. The van der Waals surface area contributed by atoms with E-state index in [1.54, 1.807) is 30.3 Å². The minimum atomic E-state index is -4.77. The minimum absolute atomic E-state index is 0.00396. The Kier molecular flexibility index (Phi) is 6.53. The summed E-state index contributed by atoms with van der Waals surface area (Å²) in [5.74, 6) is -0.802. The molecule has 3 aromatic carbocycles. The zero-order valence-electron chi connectivity index (χ0n) is 16.5. The van der Waals surface area contributed by atoms with Crippen molar-refractivity contribution in [3.8, 4) is 0 Å². The summed E-state index contributed by atoms with van der Waals surface area (Å²) in [4.78, 5) is 22.2. The number of anilines is 2. The van der Waals surface area contributed by atoms with Gasteiger partial charge in [-0.1, -0.05) is 18.2 Å². The number of rotatable bonds is 7. The molecule has 0 saturated carbocycles. The molecule has 0 spiro atoms. The molecule has 0 fully saturated rings. The van der Waals surface area contributed by atoms with E-state index in [0.717, 1.165) is 6.07 Å². The molecule has 0 heterocycles. The van der Waals surface area contributed by atoms with E-state index in [9.17, 15) is 36.5 Å². The van der Waals surface area contributed by atoms with Crippen molar-refractivity contribution < 1.29 is 31.3 Å². The van der Waals surface area contributed by atoms with Crippen molar-refractivity contribution in [2.24, 2.45) is 0 Å². The molecule has 3 aromatic rings. The van der Waals surface area contributed by atoms with Crippen LogP contribution in [0.3, 0.4) is 0 Å². The first-order chi connectivity index (χ1) is 15.5. The van der Waals surface area contributed by atoms with Gasteiger partial charge in [-0.3, -0.25) is 30.5 Å². The number of para-hydroxylation sites is 1. The Labute approximate surface area is 185 Å². The van der Waals surface area contributed by atoms with Gasteiger partial charge in [0.05, 0.1) is 15.4 Å². The fourth-order valence-electron chi connectivity index (χ4n) is 2.67. The summed E-state index contributed by atoms with van der Waals surface area (Å²) in [5.41, 5.74) is 2.21. The van der Waals surface area contributed by atoms with E-state index in [0.29, 0.717) is 17.8 Å². The van der Waals surface area contributed by atoms with Gasteiger partial charge < -0.3 is 0 Å². The molecule has 0 atom stereocenters. The summed E-state index contributed by atoms with van der Waals surface area (Å²) in [6, 6.07) is 14.7. The number of benzene rings is 3. The number of nitro benzene ring substituents is 1. The Morgan fingerprint density at radius 3 is 2.15 bits per heavy atom. The van der Waals surface area contributed by atoms with Gasteiger partial charge in [-0.15, -0.1) is 0 Å². The van der Waals surface area contributed by atoms with E-state index in [4.69, 9.17) is 0 Å². The Morgan fingerprint density at radius 1 is 0.939 bits per heavy atom. The predicted molar refractivity (Wildman–Crippen MR) is 113 cm³/mol. The van der Waals surface area contributed by atoms with Gasteiger partial charge in [0, 0.05) is 17.3 Å². The lowest BCUT2D eigenvalue weighted by Crippen LogP contribution is -2.29. The molecule has 13 heteroatoms. The fraction of sp³-hybridized carbons (Fsp3) is 0.0500. The van der Waals surface area contributed by atoms with Crippen LogP contribution in [-0.2, 0) is 16.2 Å². The topological polar surface area (TPSA) is 130 Å². The molecule has 0 aromatic heterocycles. The standard InChI is InChI=1S/C20H15F3N4O5S/c21-20(22,23)14-8-11-17(18(12-14)27(29)30)24-25-19(28)13-6-9-16(10-7-13)33(31,32)26-15-4-2-1-3-5-15/h1-12,24,26H,(H,25,28). The Morgan fingerprint density at radius 2 is 1.58 bits per heavy atom. The third-order valence-electron chi connectivity index (χ3n) is 4.29.